The molecule has 0 aromatic carbocycles. The lowest BCUT2D eigenvalue weighted by molar-refractivity contribution is 0.679. The minimum Gasteiger partial charge on any atom is -0.339 e. The predicted molar refractivity (Wildman–Crippen MR) is 62.9 cm³/mol. The van der Waals surface area contributed by atoms with E-state index in [-0.39, 0.29) is 0 Å². The second-order valence-electron chi connectivity index (χ2n) is 3.81. The molecular weight excluding hydrogens is 188 g/mol. The standard InChI is InChI=1S/C11H20N4/c1-4-15(9(2)3)11-13-7-10(5-6-12)8-14-11/h7-9H,4-6,12H2,1-3H3. The molecule has 0 bridgehead atoms. The molecule has 0 spiro atoms. The fourth-order valence-electron chi connectivity index (χ4n) is 1.53. The van der Waals surface area contributed by atoms with E-state index in [0.717, 1.165) is 24.5 Å². The number of anilines is 1. The highest BCUT2D eigenvalue weighted by atomic mass is 15.3. The van der Waals surface area contributed by atoms with Crippen molar-refractivity contribution in [3.63, 3.8) is 0 Å². The van der Waals surface area contributed by atoms with Crippen LogP contribution >= 0.6 is 0 Å². The normalized spacial score (nSPS) is 10.7. The topological polar surface area (TPSA) is 55.0 Å². The number of rotatable bonds is 5. The Morgan fingerprint density at radius 3 is 2.33 bits per heavy atom. The van der Waals surface area contributed by atoms with Crippen LogP contribution in [0.2, 0.25) is 0 Å². The minimum absolute atomic E-state index is 0.426. The van der Waals surface area contributed by atoms with Crippen molar-refractivity contribution in [1.29, 1.82) is 0 Å². The Bertz CT molecular complexity index is 281. The van der Waals surface area contributed by atoms with E-state index in [1.807, 2.05) is 12.4 Å². The van der Waals surface area contributed by atoms with Gasteiger partial charge in [0, 0.05) is 25.0 Å². The highest BCUT2D eigenvalue weighted by molar-refractivity contribution is 5.30. The van der Waals surface area contributed by atoms with Crippen molar-refractivity contribution in [3.8, 4) is 0 Å². The molecule has 2 N–H and O–H groups in total. The van der Waals surface area contributed by atoms with Crippen molar-refractivity contribution in [2.24, 2.45) is 5.73 Å². The second-order valence-corrected chi connectivity index (χ2v) is 3.81. The summed E-state index contributed by atoms with van der Waals surface area (Å²) in [5, 5.41) is 0. The summed E-state index contributed by atoms with van der Waals surface area (Å²) in [4.78, 5) is 10.9. The van der Waals surface area contributed by atoms with Gasteiger partial charge in [-0.3, -0.25) is 0 Å². The molecule has 0 fully saturated rings. The molecule has 4 nitrogen and oxygen atoms in total. The molecule has 0 saturated heterocycles. The summed E-state index contributed by atoms with van der Waals surface area (Å²) in [7, 11) is 0. The Morgan fingerprint density at radius 2 is 1.93 bits per heavy atom. The maximum absolute atomic E-state index is 5.47. The van der Waals surface area contributed by atoms with Gasteiger partial charge in [-0.1, -0.05) is 0 Å². The number of hydrogen-bond acceptors (Lipinski definition) is 4. The van der Waals surface area contributed by atoms with Crippen LogP contribution in [0.5, 0.6) is 0 Å². The van der Waals surface area contributed by atoms with Gasteiger partial charge in [0.25, 0.3) is 0 Å². The molecule has 1 rings (SSSR count). The van der Waals surface area contributed by atoms with Gasteiger partial charge in [-0.05, 0) is 39.3 Å². The molecule has 84 valence electrons. The zero-order chi connectivity index (χ0) is 11.3. The quantitative estimate of drug-likeness (QED) is 0.790. The molecule has 0 unspecified atom stereocenters. The van der Waals surface area contributed by atoms with E-state index in [1.165, 1.54) is 0 Å². The predicted octanol–water partition coefficient (Wildman–Crippen LogP) is 1.21. The van der Waals surface area contributed by atoms with Gasteiger partial charge in [0.1, 0.15) is 0 Å². The Labute approximate surface area is 91.5 Å². The van der Waals surface area contributed by atoms with E-state index in [9.17, 15) is 0 Å². The zero-order valence-corrected chi connectivity index (χ0v) is 9.77. The van der Waals surface area contributed by atoms with E-state index >= 15 is 0 Å². The molecule has 0 saturated carbocycles. The Morgan fingerprint density at radius 1 is 1.33 bits per heavy atom. The molecule has 4 heteroatoms. The van der Waals surface area contributed by atoms with Crippen molar-refractivity contribution >= 4 is 5.95 Å². The van der Waals surface area contributed by atoms with Crippen LogP contribution in [-0.4, -0.2) is 29.1 Å². The number of aromatic nitrogens is 2. The molecule has 0 radical (unpaired) electrons. The maximum atomic E-state index is 5.47. The Balaban J connectivity index is 2.77. The molecule has 1 aromatic heterocycles. The van der Waals surface area contributed by atoms with Gasteiger partial charge in [0.15, 0.2) is 0 Å². The average molecular weight is 208 g/mol. The summed E-state index contributed by atoms with van der Waals surface area (Å²) in [6.45, 7) is 7.96. The van der Waals surface area contributed by atoms with E-state index in [1.54, 1.807) is 0 Å². The summed E-state index contributed by atoms with van der Waals surface area (Å²) in [6, 6.07) is 0.426. The molecule has 0 atom stereocenters. The average Bonchev–Trinajstić information content (AvgIpc) is 2.21. The molecule has 1 heterocycles. The minimum atomic E-state index is 0.426. The first-order valence-corrected chi connectivity index (χ1v) is 5.46. The third-order valence-electron chi connectivity index (χ3n) is 2.35. The van der Waals surface area contributed by atoms with Gasteiger partial charge in [-0.25, -0.2) is 9.97 Å². The molecule has 0 aliphatic heterocycles. The van der Waals surface area contributed by atoms with Crippen molar-refractivity contribution < 1.29 is 0 Å². The molecule has 0 amide bonds. The number of nitrogens with two attached hydrogens (primary N) is 1. The lowest BCUT2D eigenvalue weighted by Crippen LogP contribution is -2.31. The summed E-state index contributed by atoms with van der Waals surface area (Å²) < 4.78 is 0. The van der Waals surface area contributed by atoms with Gasteiger partial charge >= 0.3 is 0 Å². The van der Waals surface area contributed by atoms with E-state index < -0.39 is 0 Å². The van der Waals surface area contributed by atoms with Crippen LogP contribution < -0.4 is 10.6 Å². The highest BCUT2D eigenvalue weighted by Crippen LogP contribution is 2.10. The molecule has 0 aliphatic rings. The van der Waals surface area contributed by atoms with E-state index in [4.69, 9.17) is 5.73 Å². The maximum Gasteiger partial charge on any atom is 0.225 e. The van der Waals surface area contributed by atoms with Crippen LogP contribution in [-0.2, 0) is 6.42 Å². The van der Waals surface area contributed by atoms with Crippen molar-refractivity contribution in [2.75, 3.05) is 18.0 Å². The molecular formula is C11H20N4. The van der Waals surface area contributed by atoms with Crippen LogP contribution in [0.25, 0.3) is 0 Å². The summed E-state index contributed by atoms with van der Waals surface area (Å²) in [6.07, 6.45) is 4.56. The fraction of sp³-hybridized carbons (Fsp3) is 0.636. The van der Waals surface area contributed by atoms with Gasteiger partial charge in [0.2, 0.25) is 5.95 Å². The Hall–Kier alpha value is -1.16. The van der Waals surface area contributed by atoms with Gasteiger partial charge < -0.3 is 10.6 Å². The van der Waals surface area contributed by atoms with Crippen LogP contribution in [0.1, 0.15) is 26.3 Å². The smallest absolute Gasteiger partial charge is 0.225 e. The highest BCUT2D eigenvalue weighted by Gasteiger charge is 2.10. The third-order valence-corrected chi connectivity index (χ3v) is 2.35. The van der Waals surface area contributed by atoms with Crippen LogP contribution in [0.3, 0.4) is 0 Å². The molecule has 0 aliphatic carbocycles. The van der Waals surface area contributed by atoms with Crippen LogP contribution in [0, 0.1) is 0 Å². The van der Waals surface area contributed by atoms with E-state index in [0.29, 0.717) is 12.6 Å². The van der Waals surface area contributed by atoms with Gasteiger partial charge in [-0.15, -0.1) is 0 Å². The van der Waals surface area contributed by atoms with Crippen LogP contribution in [0.15, 0.2) is 12.4 Å². The first-order valence-electron chi connectivity index (χ1n) is 5.46. The zero-order valence-electron chi connectivity index (χ0n) is 9.77. The van der Waals surface area contributed by atoms with Crippen molar-refractivity contribution in [1.82, 2.24) is 9.97 Å². The van der Waals surface area contributed by atoms with E-state index in [2.05, 4.69) is 35.6 Å². The number of hydrogen-bond donors (Lipinski definition) is 1. The SMILES string of the molecule is CCN(c1ncc(CCN)cn1)C(C)C. The summed E-state index contributed by atoms with van der Waals surface area (Å²) >= 11 is 0. The third kappa shape index (κ3) is 3.16. The van der Waals surface area contributed by atoms with Crippen molar-refractivity contribution in [2.45, 2.75) is 33.2 Å². The van der Waals surface area contributed by atoms with Gasteiger partial charge in [0.05, 0.1) is 0 Å². The van der Waals surface area contributed by atoms with Crippen molar-refractivity contribution in [3.05, 3.63) is 18.0 Å². The molecule has 1 aromatic rings. The lowest BCUT2D eigenvalue weighted by Gasteiger charge is -2.24. The van der Waals surface area contributed by atoms with Crippen LogP contribution in [0.4, 0.5) is 5.95 Å². The fourth-order valence-corrected chi connectivity index (χ4v) is 1.53. The first kappa shape index (κ1) is 11.9. The first-order chi connectivity index (χ1) is 7.19. The molecule has 15 heavy (non-hydrogen) atoms. The lowest BCUT2D eigenvalue weighted by atomic mass is 10.2. The summed E-state index contributed by atoms with van der Waals surface area (Å²) in [5.41, 5.74) is 6.57. The number of nitrogens with zero attached hydrogens (tertiary/aromatic N) is 3. The van der Waals surface area contributed by atoms with Gasteiger partial charge in [-0.2, -0.15) is 0 Å². The largest absolute Gasteiger partial charge is 0.339 e. The Kier molecular flexibility index (Phi) is 4.49. The second kappa shape index (κ2) is 5.66. The summed E-state index contributed by atoms with van der Waals surface area (Å²) in [5.74, 6) is 0.799. The monoisotopic (exact) mass is 208 g/mol.